The maximum atomic E-state index is 8.51. The molecule has 2 heterocycles. The van der Waals surface area contributed by atoms with Crippen molar-refractivity contribution in [2.24, 2.45) is 7.05 Å². The number of nitrogens with zero attached hydrogens (tertiary/aromatic N) is 2. The number of hydrogen-bond donors (Lipinski definition) is 0. The van der Waals surface area contributed by atoms with E-state index >= 15 is 0 Å². The van der Waals surface area contributed by atoms with Crippen LogP contribution in [0.3, 0.4) is 0 Å². The molecule has 0 saturated heterocycles. The van der Waals surface area contributed by atoms with E-state index in [9.17, 15) is 0 Å². The third-order valence-electron chi connectivity index (χ3n) is 5.57. The van der Waals surface area contributed by atoms with Crippen molar-refractivity contribution in [3.8, 4) is 11.3 Å². The predicted octanol–water partition coefficient (Wildman–Crippen LogP) is 6.68. The molecule has 0 atom stereocenters. The van der Waals surface area contributed by atoms with Gasteiger partial charge < -0.3 is 4.42 Å². The van der Waals surface area contributed by atoms with E-state index in [4.69, 9.17) is 12.4 Å². The van der Waals surface area contributed by atoms with Crippen LogP contribution in [0.4, 0.5) is 5.69 Å². The largest absolute Gasteiger partial charge is 0.466 e. The predicted molar refractivity (Wildman–Crippen MR) is 115 cm³/mol. The summed E-state index contributed by atoms with van der Waals surface area (Å²) in [6.45, 7) is 17.5. The van der Waals surface area contributed by atoms with Crippen LogP contribution in [0, 0.1) is 27.3 Å². The first kappa shape index (κ1) is 17.0. The Bertz CT molecular complexity index is 1330. The van der Waals surface area contributed by atoms with Gasteiger partial charge in [-0.2, -0.15) is 4.57 Å². The lowest BCUT2D eigenvalue weighted by Crippen LogP contribution is -2.35. The van der Waals surface area contributed by atoms with E-state index in [1.807, 2.05) is 33.9 Å². The Morgan fingerprint density at radius 3 is 2.46 bits per heavy atom. The molecule has 0 amide bonds. The van der Waals surface area contributed by atoms with Crippen LogP contribution in [0.2, 0.25) is 0 Å². The van der Waals surface area contributed by atoms with Crippen molar-refractivity contribution in [2.45, 2.75) is 40.5 Å². The molecule has 3 nitrogen and oxygen atoms in total. The van der Waals surface area contributed by atoms with Crippen LogP contribution in [0.25, 0.3) is 38.0 Å². The highest BCUT2D eigenvalue weighted by molar-refractivity contribution is 6.13. The molecule has 2 aromatic heterocycles. The molecule has 140 valence electrons. The number of fused-ring (bicyclic) bond motifs is 3. The molecule has 0 unspecified atom stereocenters. The highest BCUT2D eigenvalue weighted by Crippen LogP contribution is 2.41. The first-order chi connectivity index (χ1) is 13.6. The molecule has 0 spiro atoms. The fourth-order valence-corrected chi connectivity index (χ4v) is 3.89. The van der Waals surface area contributed by atoms with Gasteiger partial charge in [0.1, 0.15) is 18.2 Å². The minimum absolute atomic E-state index is 0.543. The van der Waals surface area contributed by atoms with Crippen LogP contribution in [0.15, 0.2) is 40.8 Å². The fraction of sp³-hybridized carbons (Fsp3) is 0.280. The Kier molecular flexibility index (Phi) is 3.94. The zero-order chi connectivity index (χ0) is 21.1. The van der Waals surface area contributed by atoms with E-state index in [0.717, 1.165) is 50.0 Å². The summed E-state index contributed by atoms with van der Waals surface area (Å²) in [7, 11) is 2.04. The molecule has 0 radical (unpaired) electrons. The van der Waals surface area contributed by atoms with E-state index in [0.29, 0.717) is 11.3 Å². The SMILES string of the molecule is [2H]C(C)(C)c1cc(C)[n+](C)c(-c2c(C)ccc3c2oc2c([N+]#[C-])cc(C)cc23)c1. The highest BCUT2D eigenvalue weighted by Gasteiger charge is 2.24. The molecule has 0 fully saturated rings. The first-order valence-corrected chi connectivity index (χ1v) is 9.47. The number of benzene rings is 2. The Morgan fingerprint density at radius 1 is 1.04 bits per heavy atom. The van der Waals surface area contributed by atoms with Gasteiger partial charge >= 0.3 is 0 Å². The Labute approximate surface area is 167 Å². The second kappa shape index (κ2) is 6.49. The standard InChI is InChI=1S/C25H25N2O/c1-14(2)18-12-17(5)27(7)22(13-18)23-16(4)8-9-19-20-10-15(3)11-21(26-6)24(20)28-25(19)23/h8-14H,1-5,7H3/q+1/i14D. The summed E-state index contributed by atoms with van der Waals surface area (Å²) in [5, 5.41) is 1.99. The second-order valence-corrected chi connectivity index (χ2v) is 7.84. The van der Waals surface area contributed by atoms with Gasteiger partial charge in [-0.3, -0.25) is 0 Å². The van der Waals surface area contributed by atoms with Crippen LogP contribution in [0.1, 0.15) is 43.5 Å². The third-order valence-corrected chi connectivity index (χ3v) is 5.57. The summed E-state index contributed by atoms with van der Waals surface area (Å²) in [5.74, 6) is -0.697. The summed E-state index contributed by atoms with van der Waals surface area (Å²) >= 11 is 0. The molecule has 28 heavy (non-hydrogen) atoms. The van der Waals surface area contributed by atoms with Gasteiger partial charge in [-0.05, 0) is 36.9 Å². The van der Waals surface area contributed by atoms with Gasteiger partial charge in [0.2, 0.25) is 11.4 Å². The van der Waals surface area contributed by atoms with E-state index in [2.05, 4.69) is 53.6 Å². The van der Waals surface area contributed by atoms with Crippen molar-refractivity contribution < 1.29 is 10.4 Å². The van der Waals surface area contributed by atoms with E-state index in [1.54, 1.807) is 0 Å². The van der Waals surface area contributed by atoms with Crippen molar-refractivity contribution in [2.75, 3.05) is 0 Å². The molecule has 0 N–H and O–H groups in total. The lowest BCUT2D eigenvalue weighted by Gasteiger charge is -2.11. The summed E-state index contributed by atoms with van der Waals surface area (Å²) in [5.41, 5.74) is 8.22. The lowest BCUT2D eigenvalue weighted by atomic mass is 9.96. The van der Waals surface area contributed by atoms with Crippen molar-refractivity contribution in [1.82, 2.24) is 0 Å². The number of aryl methyl sites for hydroxylation is 3. The molecule has 0 aliphatic carbocycles. The lowest BCUT2D eigenvalue weighted by molar-refractivity contribution is -0.666. The summed E-state index contributed by atoms with van der Waals surface area (Å²) in [6.07, 6.45) is 0. The number of rotatable bonds is 2. The number of aromatic nitrogens is 1. The molecule has 4 aromatic rings. The molecule has 4 rings (SSSR count). The van der Waals surface area contributed by atoms with Crippen LogP contribution in [0.5, 0.6) is 0 Å². The van der Waals surface area contributed by atoms with Crippen LogP contribution < -0.4 is 4.57 Å². The van der Waals surface area contributed by atoms with Crippen LogP contribution >= 0.6 is 0 Å². The van der Waals surface area contributed by atoms with Crippen LogP contribution in [-0.4, -0.2) is 0 Å². The Hall–Kier alpha value is -3.12. The molecule has 0 aliphatic heterocycles. The molecule has 0 aliphatic rings. The van der Waals surface area contributed by atoms with Gasteiger partial charge in [0.05, 0.1) is 12.1 Å². The van der Waals surface area contributed by atoms with Crippen molar-refractivity contribution in [3.05, 3.63) is 70.2 Å². The topological polar surface area (TPSA) is 21.4 Å². The molecule has 0 bridgehead atoms. The first-order valence-electron chi connectivity index (χ1n) is 9.97. The zero-order valence-electron chi connectivity index (χ0n) is 18.3. The second-order valence-electron chi connectivity index (χ2n) is 7.84. The van der Waals surface area contributed by atoms with Crippen LogP contribution in [-0.2, 0) is 7.05 Å². The van der Waals surface area contributed by atoms with Gasteiger partial charge in [0, 0.05) is 31.2 Å². The van der Waals surface area contributed by atoms with E-state index < -0.39 is 5.89 Å². The highest BCUT2D eigenvalue weighted by atomic mass is 16.3. The van der Waals surface area contributed by atoms with Gasteiger partial charge in [0.15, 0.2) is 5.69 Å². The van der Waals surface area contributed by atoms with Crippen molar-refractivity contribution in [1.29, 1.82) is 0 Å². The number of furan rings is 1. The molecular weight excluding hydrogens is 344 g/mol. The van der Waals surface area contributed by atoms with E-state index in [1.165, 1.54) is 0 Å². The van der Waals surface area contributed by atoms with E-state index in [-0.39, 0.29) is 0 Å². The summed E-state index contributed by atoms with van der Waals surface area (Å²) < 4.78 is 17.0. The molecule has 0 saturated carbocycles. The summed E-state index contributed by atoms with van der Waals surface area (Å²) in [6, 6.07) is 12.3. The smallest absolute Gasteiger partial charge is 0.229 e. The normalized spacial score (nSPS) is 12.4. The summed E-state index contributed by atoms with van der Waals surface area (Å²) in [4.78, 5) is 3.68. The Morgan fingerprint density at radius 2 is 1.79 bits per heavy atom. The van der Waals surface area contributed by atoms with Crippen molar-refractivity contribution in [3.63, 3.8) is 0 Å². The molecule has 2 aromatic carbocycles. The third kappa shape index (κ3) is 2.68. The average Bonchev–Trinajstić information content (AvgIpc) is 3.01. The molecular formula is C25H25N2O+. The van der Waals surface area contributed by atoms with Gasteiger partial charge in [-0.25, -0.2) is 4.85 Å². The maximum Gasteiger partial charge on any atom is 0.229 e. The van der Waals surface area contributed by atoms with Gasteiger partial charge in [-0.1, -0.05) is 37.6 Å². The molecule has 3 heteroatoms. The number of pyridine rings is 1. The zero-order valence-corrected chi connectivity index (χ0v) is 17.3. The quantitative estimate of drug-likeness (QED) is 0.285. The van der Waals surface area contributed by atoms with Gasteiger partial charge in [-0.15, -0.1) is 0 Å². The minimum Gasteiger partial charge on any atom is -0.466 e. The Balaban J connectivity index is 2.16. The number of hydrogen-bond acceptors (Lipinski definition) is 1. The monoisotopic (exact) mass is 370 g/mol. The minimum atomic E-state index is -0.697. The maximum absolute atomic E-state index is 8.51. The average molecular weight is 370 g/mol. The fourth-order valence-electron chi connectivity index (χ4n) is 3.89. The van der Waals surface area contributed by atoms with Gasteiger partial charge in [0.25, 0.3) is 0 Å². The van der Waals surface area contributed by atoms with Crippen molar-refractivity contribution >= 4 is 27.6 Å².